The maximum atomic E-state index is 12.8. The topological polar surface area (TPSA) is 167 Å². The number of amides is 2. The second-order valence-corrected chi connectivity index (χ2v) is 10.0. The molecule has 0 spiro atoms. The molecule has 1 unspecified atom stereocenters. The summed E-state index contributed by atoms with van der Waals surface area (Å²) in [6, 6.07) is 2.80. The fourth-order valence-electron chi connectivity index (χ4n) is 3.00. The van der Waals surface area contributed by atoms with E-state index in [1.807, 2.05) is 0 Å². The number of hydrogen-bond donors (Lipinski definition) is 2. The van der Waals surface area contributed by atoms with E-state index in [1.165, 1.54) is 19.2 Å². The zero-order chi connectivity index (χ0) is 22.8. The van der Waals surface area contributed by atoms with E-state index in [4.69, 9.17) is 9.47 Å². The van der Waals surface area contributed by atoms with Crippen molar-refractivity contribution in [3.63, 3.8) is 0 Å². The average Bonchev–Trinajstić information content (AvgIpc) is 2.97. The summed E-state index contributed by atoms with van der Waals surface area (Å²) in [5.74, 6) is 0.113. The highest BCUT2D eigenvalue weighted by Crippen LogP contribution is 2.36. The highest BCUT2D eigenvalue weighted by atomic mass is 32.2. The van der Waals surface area contributed by atoms with Gasteiger partial charge in [-0.1, -0.05) is 19.1 Å². The lowest BCUT2D eigenvalue weighted by atomic mass is 10.2. The van der Waals surface area contributed by atoms with Crippen LogP contribution in [0.5, 0.6) is 6.01 Å². The van der Waals surface area contributed by atoms with E-state index < -0.39 is 36.2 Å². The predicted molar refractivity (Wildman–Crippen MR) is 108 cm³/mol. The van der Waals surface area contributed by atoms with E-state index >= 15 is 0 Å². The Hall–Kier alpha value is -2.84. The lowest BCUT2D eigenvalue weighted by Gasteiger charge is -2.12. The molecule has 12 nitrogen and oxygen atoms in total. The number of urea groups is 1. The van der Waals surface area contributed by atoms with Crippen molar-refractivity contribution in [1.29, 1.82) is 0 Å². The highest BCUT2D eigenvalue weighted by Gasteiger charge is 2.42. The molecule has 2 heterocycles. The third kappa shape index (κ3) is 4.60. The molecule has 1 aliphatic heterocycles. The number of methoxy groups -OCH3 is 1. The van der Waals surface area contributed by atoms with E-state index in [0.717, 1.165) is 6.07 Å². The number of carbonyl (C=O) groups excluding carboxylic acids is 1. The summed E-state index contributed by atoms with van der Waals surface area (Å²) >= 11 is 0. The molecule has 3 rings (SSSR count). The van der Waals surface area contributed by atoms with Crippen molar-refractivity contribution >= 4 is 31.8 Å². The Labute approximate surface area is 179 Å². The molecule has 1 aromatic carbocycles. The maximum Gasteiger partial charge on any atom is 0.335 e. The molecule has 168 valence electrons. The van der Waals surface area contributed by atoms with Crippen LogP contribution in [0.4, 0.5) is 10.7 Å². The first-order valence-electron chi connectivity index (χ1n) is 9.22. The molecule has 1 aromatic heterocycles. The fraction of sp³-hybridized carbons (Fsp3) is 0.412. The van der Waals surface area contributed by atoms with Crippen LogP contribution in [0, 0.1) is 0 Å². The number of carbonyl (C=O) groups is 1. The van der Waals surface area contributed by atoms with Crippen molar-refractivity contribution in [2.45, 2.75) is 41.9 Å². The van der Waals surface area contributed by atoms with Gasteiger partial charge in [-0.2, -0.15) is 15.0 Å². The van der Waals surface area contributed by atoms with Gasteiger partial charge >= 0.3 is 12.0 Å². The number of sulfone groups is 1. The van der Waals surface area contributed by atoms with Gasteiger partial charge in [0.25, 0.3) is 10.0 Å². The molecular weight excluding hydrogens is 450 g/mol. The number of hydrogen-bond acceptors (Lipinski definition) is 10. The number of aryl methyl sites for hydroxylation is 1. The van der Waals surface area contributed by atoms with Gasteiger partial charge in [-0.3, -0.25) is 5.32 Å². The molecule has 0 fully saturated rings. The first-order chi connectivity index (χ1) is 14.6. The van der Waals surface area contributed by atoms with Gasteiger partial charge in [0.05, 0.1) is 11.5 Å². The zero-order valence-corrected chi connectivity index (χ0v) is 18.6. The number of anilines is 1. The SMILES string of the molecule is CCOc1nc(CC)nc(NC(=O)NS(=O)(=O)c2cccc3c2S(=O)(=O)C(OC)C3)n1. The molecule has 0 saturated carbocycles. The van der Waals surface area contributed by atoms with Crippen LogP contribution in [-0.2, 0) is 37.4 Å². The summed E-state index contributed by atoms with van der Waals surface area (Å²) in [5.41, 5.74) is -0.899. The Morgan fingerprint density at radius 2 is 1.97 bits per heavy atom. The minimum atomic E-state index is -4.54. The van der Waals surface area contributed by atoms with Crippen LogP contribution in [0.1, 0.15) is 25.2 Å². The molecule has 31 heavy (non-hydrogen) atoms. The molecule has 2 amide bonds. The molecule has 0 aliphatic carbocycles. The van der Waals surface area contributed by atoms with Crippen molar-refractivity contribution in [2.75, 3.05) is 19.0 Å². The second-order valence-electron chi connectivity index (χ2n) is 6.36. The fourth-order valence-corrected chi connectivity index (χ4v) is 6.49. The molecule has 1 atom stereocenters. The number of nitrogens with one attached hydrogen (secondary N) is 2. The smallest absolute Gasteiger partial charge is 0.335 e. The van der Waals surface area contributed by atoms with Crippen molar-refractivity contribution < 1.29 is 31.1 Å². The van der Waals surface area contributed by atoms with Crippen molar-refractivity contribution in [3.8, 4) is 6.01 Å². The summed E-state index contributed by atoms with van der Waals surface area (Å²) < 4.78 is 62.9. The van der Waals surface area contributed by atoms with E-state index in [-0.39, 0.29) is 29.9 Å². The van der Waals surface area contributed by atoms with Crippen LogP contribution in [0.3, 0.4) is 0 Å². The van der Waals surface area contributed by atoms with E-state index in [0.29, 0.717) is 17.8 Å². The first-order valence-corrected chi connectivity index (χ1v) is 12.3. The molecule has 2 aromatic rings. The minimum absolute atomic E-state index is 0.00851. The van der Waals surface area contributed by atoms with Crippen LogP contribution in [0.2, 0.25) is 0 Å². The van der Waals surface area contributed by atoms with Gasteiger partial charge in [0.1, 0.15) is 10.7 Å². The number of aromatic nitrogens is 3. The van der Waals surface area contributed by atoms with Gasteiger partial charge in [0.2, 0.25) is 15.8 Å². The predicted octanol–water partition coefficient (Wildman–Crippen LogP) is 0.645. The Bertz CT molecular complexity index is 1220. The molecule has 0 bridgehead atoms. The standard InChI is InChI=1S/C17H21N5O7S2/c1-4-12-18-15(21-17(19-12)29-5-2)20-16(23)22-31(26,27)11-8-6-7-10-9-13(28-3)30(24,25)14(10)11/h6-8,13H,4-5,9H2,1-3H3,(H2,18,19,20,21,22,23). The van der Waals surface area contributed by atoms with E-state index in [9.17, 15) is 21.6 Å². The summed E-state index contributed by atoms with van der Waals surface area (Å²) in [5, 5.41) is 2.20. The molecule has 14 heteroatoms. The van der Waals surface area contributed by atoms with Crippen molar-refractivity contribution in [3.05, 3.63) is 29.6 Å². The third-order valence-electron chi connectivity index (χ3n) is 4.33. The van der Waals surface area contributed by atoms with Crippen molar-refractivity contribution in [1.82, 2.24) is 19.7 Å². The number of nitrogens with zero attached hydrogens (tertiary/aromatic N) is 3. The molecule has 1 aliphatic rings. The highest BCUT2D eigenvalue weighted by molar-refractivity contribution is 7.94. The number of sulfonamides is 1. The number of fused-ring (bicyclic) bond motifs is 1. The summed E-state index contributed by atoms with van der Waals surface area (Å²) in [7, 11) is -7.37. The second kappa shape index (κ2) is 8.72. The summed E-state index contributed by atoms with van der Waals surface area (Å²) in [6.07, 6.45) is 0.431. The number of rotatable bonds is 7. The molecule has 0 saturated heterocycles. The molecule has 2 N–H and O–H groups in total. The number of ether oxygens (including phenoxy) is 2. The Kier molecular flexibility index (Phi) is 6.43. The minimum Gasteiger partial charge on any atom is -0.464 e. The average molecular weight is 472 g/mol. The van der Waals surface area contributed by atoms with Crippen LogP contribution in [-0.4, -0.2) is 57.0 Å². The molecular formula is C17H21N5O7S2. The van der Waals surface area contributed by atoms with Crippen LogP contribution >= 0.6 is 0 Å². The van der Waals surface area contributed by atoms with E-state index in [2.05, 4.69) is 20.3 Å². The van der Waals surface area contributed by atoms with Gasteiger partial charge in [-0.05, 0) is 18.6 Å². The van der Waals surface area contributed by atoms with Gasteiger partial charge in [0, 0.05) is 20.0 Å². The Balaban J connectivity index is 1.88. The van der Waals surface area contributed by atoms with Gasteiger partial charge in [-0.15, -0.1) is 0 Å². The maximum absolute atomic E-state index is 12.8. The number of benzene rings is 1. The van der Waals surface area contributed by atoms with Crippen LogP contribution < -0.4 is 14.8 Å². The summed E-state index contributed by atoms with van der Waals surface area (Å²) in [6.45, 7) is 3.79. The van der Waals surface area contributed by atoms with Crippen LogP contribution in [0.25, 0.3) is 0 Å². The largest absolute Gasteiger partial charge is 0.464 e. The third-order valence-corrected chi connectivity index (χ3v) is 7.94. The zero-order valence-electron chi connectivity index (χ0n) is 16.9. The van der Waals surface area contributed by atoms with Crippen molar-refractivity contribution in [2.24, 2.45) is 0 Å². The Morgan fingerprint density at radius 3 is 2.61 bits per heavy atom. The normalized spacial score (nSPS) is 17.1. The monoisotopic (exact) mass is 471 g/mol. The van der Waals surface area contributed by atoms with Gasteiger partial charge < -0.3 is 9.47 Å². The van der Waals surface area contributed by atoms with Gasteiger partial charge in [-0.25, -0.2) is 26.4 Å². The Morgan fingerprint density at radius 1 is 1.23 bits per heavy atom. The summed E-state index contributed by atoms with van der Waals surface area (Å²) in [4.78, 5) is 23.3. The van der Waals surface area contributed by atoms with Gasteiger partial charge in [0.15, 0.2) is 5.44 Å². The quantitative estimate of drug-likeness (QED) is 0.585. The lowest BCUT2D eigenvalue weighted by molar-refractivity contribution is 0.168. The van der Waals surface area contributed by atoms with E-state index in [1.54, 1.807) is 18.6 Å². The lowest BCUT2D eigenvalue weighted by Crippen LogP contribution is -2.35. The molecule has 0 radical (unpaired) electrons. The van der Waals surface area contributed by atoms with Crippen LogP contribution in [0.15, 0.2) is 28.0 Å². The first kappa shape index (κ1) is 22.8.